The number of ether oxygens (including phenoxy) is 3. The highest BCUT2D eigenvalue weighted by Gasteiger charge is 2.28. The van der Waals surface area contributed by atoms with E-state index in [9.17, 15) is 0 Å². The molecule has 2 N–H and O–H groups in total. The number of rotatable bonds is 2. The van der Waals surface area contributed by atoms with Crippen molar-refractivity contribution in [3.05, 3.63) is 35.0 Å². The van der Waals surface area contributed by atoms with Crippen LogP contribution in [0.4, 0.5) is 11.8 Å². The zero-order valence-electron chi connectivity index (χ0n) is 14.4. The second kappa shape index (κ2) is 7.55. The van der Waals surface area contributed by atoms with Crippen molar-refractivity contribution >= 4 is 23.4 Å². The van der Waals surface area contributed by atoms with Gasteiger partial charge in [0.15, 0.2) is 11.5 Å². The third-order valence-electron chi connectivity index (χ3n) is 4.52. The number of nitrogens with two attached hydrogens (primary N) is 1. The second-order valence-electron chi connectivity index (χ2n) is 6.28. The molecular weight excluding hydrogens is 356 g/mol. The maximum Gasteiger partial charge on any atom is 0.221 e. The van der Waals surface area contributed by atoms with E-state index >= 15 is 0 Å². The number of anilines is 2. The predicted molar refractivity (Wildman–Crippen MR) is 99.0 cm³/mol. The molecule has 8 heteroatoms. The Hall–Kier alpha value is -2.25. The number of benzene rings is 1. The Morgan fingerprint density at radius 2 is 1.92 bits per heavy atom. The van der Waals surface area contributed by atoms with Crippen LogP contribution in [0.25, 0.3) is 0 Å². The number of halogens is 1. The van der Waals surface area contributed by atoms with Gasteiger partial charge in [-0.05, 0) is 24.1 Å². The van der Waals surface area contributed by atoms with E-state index in [0.717, 1.165) is 30.8 Å². The Labute approximate surface area is 157 Å². The third kappa shape index (κ3) is 3.50. The summed E-state index contributed by atoms with van der Waals surface area (Å²) < 4.78 is 17.4. The average Bonchev–Trinajstić information content (AvgIpc) is 3.01. The molecule has 1 saturated heterocycles. The largest absolute Gasteiger partial charge is 0.490 e. The lowest BCUT2D eigenvalue weighted by Crippen LogP contribution is -2.31. The van der Waals surface area contributed by atoms with Crippen molar-refractivity contribution in [1.29, 1.82) is 0 Å². The van der Waals surface area contributed by atoms with Gasteiger partial charge in [-0.1, -0.05) is 11.6 Å². The number of hydrogen-bond donors (Lipinski definition) is 1. The Bertz CT molecular complexity index is 789. The Morgan fingerprint density at radius 3 is 2.73 bits per heavy atom. The van der Waals surface area contributed by atoms with Crippen molar-refractivity contribution in [3.63, 3.8) is 0 Å². The first-order valence-electron chi connectivity index (χ1n) is 8.74. The fourth-order valence-electron chi connectivity index (χ4n) is 3.29. The van der Waals surface area contributed by atoms with Crippen LogP contribution in [0.5, 0.6) is 11.5 Å². The van der Waals surface area contributed by atoms with Gasteiger partial charge in [-0.25, -0.2) is 4.98 Å². The summed E-state index contributed by atoms with van der Waals surface area (Å²) >= 11 is 6.61. The summed E-state index contributed by atoms with van der Waals surface area (Å²) in [6.07, 6.45) is 3.40. The maximum absolute atomic E-state index is 6.61. The van der Waals surface area contributed by atoms with E-state index in [1.54, 1.807) is 6.20 Å². The standard InChI is InChI=1S/C18H21ClN4O3/c19-13-10-16-15(25-7-2-8-26-16)9-12(13)14-11-24-6-1-5-23(14)17-3-4-21-18(20)22-17/h3-4,9-10,14H,1-2,5-8,11H2,(H2,20,21,22)/t14-/m0/s1. The van der Waals surface area contributed by atoms with Crippen molar-refractivity contribution in [1.82, 2.24) is 9.97 Å². The summed E-state index contributed by atoms with van der Waals surface area (Å²) in [5.41, 5.74) is 6.71. The van der Waals surface area contributed by atoms with E-state index < -0.39 is 0 Å². The molecule has 1 fully saturated rings. The molecule has 0 bridgehead atoms. The summed E-state index contributed by atoms with van der Waals surface area (Å²) in [5.74, 6) is 2.41. The predicted octanol–water partition coefficient (Wildman–Crippen LogP) is 2.84. The van der Waals surface area contributed by atoms with Crippen molar-refractivity contribution in [2.45, 2.75) is 18.9 Å². The van der Waals surface area contributed by atoms with Gasteiger partial charge in [0, 0.05) is 36.9 Å². The smallest absolute Gasteiger partial charge is 0.221 e. The van der Waals surface area contributed by atoms with Gasteiger partial charge in [0.2, 0.25) is 5.95 Å². The summed E-state index contributed by atoms with van der Waals surface area (Å²) in [5, 5.41) is 0.622. The van der Waals surface area contributed by atoms with Crippen LogP contribution < -0.4 is 20.1 Å². The molecule has 2 aliphatic rings. The van der Waals surface area contributed by atoms with E-state index in [0.29, 0.717) is 42.9 Å². The van der Waals surface area contributed by atoms with Gasteiger partial charge >= 0.3 is 0 Å². The van der Waals surface area contributed by atoms with Gasteiger partial charge in [-0.15, -0.1) is 0 Å². The monoisotopic (exact) mass is 376 g/mol. The number of fused-ring (bicyclic) bond motifs is 1. The van der Waals surface area contributed by atoms with Crippen molar-refractivity contribution in [2.24, 2.45) is 0 Å². The van der Waals surface area contributed by atoms with Crippen LogP contribution in [-0.2, 0) is 4.74 Å². The van der Waals surface area contributed by atoms with Crippen LogP contribution in [0, 0.1) is 0 Å². The lowest BCUT2D eigenvalue weighted by atomic mass is 10.0. The van der Waals surface area contributed by atoms with Gasteiger partial charge in [0.25, 0.3) is 0 Å². The molecule has 0 spiro atoms. The molecular formula is C18H21ClN4O3. The van der Waals surface area contributed by atoms with Crippen LogP contribution in [0.1, 0.15) is 24.4 Å². The second-order valence-corrected chi connectivity index (χ2v) is 6.69. The van der Waals surface area contributed by atoms with E-state index in [-0.39, 0.29) is 12.0 Å². The van der Waals surface area contributed by atoms with E-state index in [2.05, 4.69) is 14.9 Å². The molecule has 1 aromatic carbocycles. The Kier molecular flexibility index (Phi) is 4.99. The zero-order chi connectivity index (χ0) is 17.9. The summed E-state index contributed by atoms with van der Waals surface area (Å²) in [4.78, 5) is 10.5. The maximum atomic E-state index is 6.61. The number of hydrogen-bond acceptors (Lipinski definition) is 7. The molecule has 0 unspecified atom stereocenters. The minimum Gasteiger partial charge on any atom is -0.490 e. The summed E-state index contributed by atoms with van der Waals surface area (Å²) in [6, 6.07) is 5.54. The zero-order valence-corrected chi connectivity index (χ0v) is 15.1. The van der Waals surface area contributed by atoms with Gasteiger partial charge in [-0.2, -0.15) is 4.98 Å². The molecule has 2 aromatic rings. The lowest BCUT2D eigenvalue weighted by molar-refractivity contribution is 0.134. The van der Waals surface area contributed by atoms with Crippen molar-refractivity contribution in [2.75, 3.05) is 43.6 Å². The summed E-state index contributed by atoms with van der Waals surface area (Å²) in [6.45, 7) is 3.23. The topological polar surface area (TPSA) is 82.7 Å². The van der Waals surface area contributed by atoms with Crippen LogP contribution in [-0.4, -0.2) is 42.9 Å². The molecule has 26 heavy (non-hydrogen) atoms. The van der Waals surface area contributed by atoms with Crippen LogP contribution in [0.15, 0.2) is 24.4 Å². The SMILES string of the molecule is Nc1nccc(N2CCCOC[C@H]2c2cc3c(cc2Cl)OCCCO3)n1. The highest BCUT2D eigenvalue weighted by Crippen LogP contribution is 2.40. The fraction of sp³-hybridized carbons (Fsp3) is 0.444. The first-order chi connectivity index (χ1) is 12.7. The third-order valence-corrected chi connectivity index (χ3v) is 4.85. The van der Waals surface area contributed by atoms with Crippen LogP contribution in [0.2, 0.25) is 5.02 Å². The molecule has 7 nitrogen and oxygen atoms in total. The Morgan fingerprint density at radius 1 is 1.12 bits per heavy atom. The minimum atomic E-state index is -0.101. The lowest BCUT2D eigenvalue weighted by Gasteiger charge is -2.31. The minimum absolute atomic E-state index is 0.101. The quantitative estimate of drug-likeness (QED) is 0.862. The van der Waals surface area contributed by atoms with E-state index in [4.69, 9.17) is 31.5 Å². The van der Waals surface area contributed by atoms with E-state index in [1.807, 2.05) is 18.2 Å². The van der Waals surface area contributed by atoms with Crippen molar-refractivity contribution in [3.8, 4) is 11.5 Å². The van der Waals surface area contributed by atoms with Gasteiger partial charge in [0.1, 0.15) is 5.82 Å². The molecule has 3 heterocycles. The normalized spacial score (nSPS) is 20.3. The Balaban J connectivity index is 1.74. The van der Waals surface area contributed by atoms with Crippen molar-refractivity contribution < 1.29 is 14.2 Å². The molecule has 138 valence electrons. The van der Waals surface area contributed by atoms with E-state index in [1.165, 1.54) is 0 Å². The summed E-state index contributed by atoms with van der Waals surface area (Å²) in [7, 11) is 0. The number of nitrogen functional groups attached to an aromatic ring is 1. The van der Waals surface area contributed by atoms with Gasteiger partial charge in [0.05, 0.1) is 25.9 Å². The van der Waals surface area contributed by atoms with Gasteiger partial charge < -0.3 is 24.8 Å². The molecule has 1 atom stereocenters. The highest BCUT2D eigenvalue weighted by atomic mass is 35.5. The van der Waals surface area contributed by atoms with Crippen LogP contribution >= 0.6 is 11.6 Å². The molecule has 1 aromatic heterocycles. The first kappa shape index (κ1) is 17.2. The molecule has 0 aliphatic carbocycles. The number of nitrogens with zero attached hydrogens (tertiary/aromatic N) is 3. The molecule has 0 amide bonds. The molecule has 0 radical (unpaired) electrons. The van der Waals surface area contributed by atoms with Crippen LogP contribution in [0.3, 0.4) is 0 Å². The van der Waals surface area contributed by atoms with Gasteiger partial charge in [-0.3, -0.25) is 0 Å². The number of aromatic nitrogens is 2. The fourth-order valence-corrected chi connectivity index (χ4v) is 3.57. The highest BCUT2D eigenvalue weighted by molar-refractivity contribution is 6.31. The molecule has 0 saturated carbocycles. The molecule has 2 aliphatic heterocycles. The average molecular weight is 377 g/mol. The first-order valence-corrected chi connectivity index (χ1v) is 9.12. The molecule has 4 rings (SSSR count).